The number of carbonyl (C=O) groups is 1. The molecule has 0 aliphatic carbocycles. The molecule has 10 heteroatoms. The maximum absolute atomic E-state index is 14.1. The smallest absolute Gasteiger partial charge is 0.298 e. The maximum atomic E-state index is 14.1. The van der Waals surface area contributed by atoms with Gasteiger partial charge < -0.3 is 5.11 Å². The summed E-state index contributed by atoms with van der Waals surface area (Å²) < 4.78 is 14.7. The molecule has 2 heterocycles. The molecule has 0 bridgehead atoms. The highest BCUT2D eigenvalue weighted by atomic mass is 79.9. The molecular weight excluding hydrogens is 397 g/mol. The number of halogens is 2. The summed E-state index contributed by atoms with van der Waals surface area (Å²) in [5.74, 6) is -0.984. The Balaban J connectivity index is 1.81. The van der Waals surface area contributed by atoms with Gasteiger partial charge in [-0.2, -0.15) is 0 Å². The minimum absolute atomic E-state index is 0.0308. The number of aliphatic imine (C=N–C) groups is 1. The number of hydrazine groups is 1. The zero-order chi connectivity index (χ0) is 17.8. The summed E-state index contributed by atoms with van der Waals surface area (Å²) in [4.78, 5) is 22.1. The van der Waals surface area contributed by atoms with Crippen LogP contribution in [0.5, 0.6) is 0 Å². The summed E-state index contributed by atoms with van der Waals surface area (Å²) in [5.41, 5.74) is 6.51. The molecule has 4 N–H and O–H groups in total. The Morgan fingerprint density at radius 3 is 3.12 bits per heavy atom. The summed E-state index contributed by atoms with van der Waals surface area (Å²) in [6.07, 6.45) is 4.97. The first-order chi connectivity index (χ1) is 12.1. The largest absolute Gasteiger partial charge is 0.394 e. The quantitative estimate of drug-likeness (QED) is 0.386. The fraction of sp³-hybridized carbons (Fsp3) is 0.200. The van der Waals surface area contributed by atoms with E-state index in [4.69, 9.17) is 9.94 Å². The van der Waals surface area contributed by atoms with E-state index < -0.39 is 11.7 Å². The van der Waals surface area contributed by atoms with E-state index in [0.29, 0.717) is 11.0 Å². The SMILES string of the molecule is O=C(NOCCO)C1=C[NH+]2C=NC=C2CN1Nc1ccc(Br)cc1F. The second-order valence-electron chi connectivity index (χ2n) is 5.24. The van der Waals surface area contributed by atoms with Crippen molar-refractivity contribution < 1.29 is 24.0 Å². The molecule has 0 radical (unpaired) electrons. The normalized spacial score (nSPS) is 18.5. The first kappa shape index (κ1) is 17.5. The molecular formula is C15H16BrFN5O3+. The average molecular weight is 413 g/mol. The van der Waals surface area contributed by atoms with E-state index in [2.05, 4.69) is 31.8 Å². The highest BCUT2D eigenvalue weighted by molar-refractivity contribution is 9.10. The van der Waals surface area contributed by atoms with Gasteiger partial charge >= 0.3 is 0 Å². The Hall–Kier alpha value is -2.27. The molecule has 8 nitrogen and oxygen atoms in total. The third-order valence-corrected chi connectivity index (χ3v) is 4.00. The molecule has 1 aromatic rings. The molecule has 25 heavy (non-hydrogen) atoms. The zero-order valence-electron chi connectivity index (χ0n) is 13.0. The average Bonchev–Trinajstić information content (AvgIpc) is 3.04. The lowest BCUT2D eigenvalue weighted by molar-refractivity contribution is -0.694. The number of hydrogen-bond donors (Lipinski definition) is 4. The standard InChI is InChI=1S/C15H15BrFN5O3/c16-10-1-2-13(12(17)5-10)19-22-7-11-6-18-9-21(11)8-14(22)15(24)20-25-4-3-23/h1-2,5-6,8-9,19,23H,3-4,7H2,(H,20,24)/p+1. The molecule has 1 aromatic carbocycles. The predicted molar refractivity (Wildman–Crippen MR) is 91.2 cm³/mol. The number of benzene rings is 1. The summed E-state index contributed by atoms with van der Waals surface area (Å²) in [6, 6.07) is 4.59. The number of hydroxylamine groups is 1. The van der Waals surface area contributed by atoms with Crippen LogP contribution in [0.3, 0.4) is 0 Å². The van der Waals surface area contributed by atoms with E-state index in [-0.39, 0.29) is 24.6 Å². The fourth-order valence-electron chi connectivity index (χ4n) is 2.34. The monoisotopic (exact) mass is 412 g/mol. The van der Waals surface area contributed by atoms with Crippen molar-refractivity contribution in [3.05, 3.63) is 52.3 Å². The van der Waals surface area contributed by atoms with Crippen molar-refractivity contribution in [2.24, 2.45) is 4.99 Å². The zero-order valence-corrected chi connectivity index (χ0v) is 14.6. The van der Waals surface area contributed by atoms with Crippen LogP contribution in [-0.4, -0.2) is 42.1 Å². The van der Waals surface area contributed by atoms with Gasteiger partial charge in [-0.1, -0.05) is 15.9 Å². The van der Waals surface area contributed by atoms with Gasteiger partial charge in [0.05, 0.1) is 25.1 Å². The van der Waals surface area contributed by atoms with Gasteiger partial charge in [-0.25, -0.2) is 19.8 Å². The number of fused-ring (bicyclic) bond motifs is 1. The molecule has 0 aromatic heterocycles. The number of hydrogen-bond acceptors (Lipinski definition) is 6. The number of quaternary nitrogens is 1. The van der Waals surface area contributed by atoms with Gasteiger partial charge in [-0.05, 0) is 18.2 Å². The molecule has 1 unspecified atom stereocenters. The summed E-state index contributed by atoms with van der Waals surface area (Å²) >= 11 is 3.21. The number of nitrogens with zero attached hydrogens (tertiary/aromatic N) is 2. The molecule has 3 rings (SSSR count). The molecule has 0 fully saturated rings. The summed E-state index contributed by atoms with van der Waals surface area (Å²) in [6.45, 7) is 0.0728. The highest BCUT2D eigenvalue weighted by Crippen LogP contribution is 2.22. The van der Waals surface area contributed by atoms with Crippen LogP contribution < -0.4 is 15.8 Å². The molecule has 2 aliphatic heterocycles. The Labute approximate surface area is 151 Å². The minimum atomic E-state index is -0.523. The van der Waals surface area contributed by atoms with Gasteiger partial charge in [0.2, 0.25) is 0 Å². The lowest BCUT2D eigenvalue weighted by Crippen LogP contribution is -3.05. The number of nitrogens with one attached hydrogen (secondary N) is 3. The molecule has 1 atom stereocenters. The van der Waals surface area contributed by atoms with E-state index in [1.54, 1.807) is 30.9 Å². The van der Waals surface area contributed by atoms with E-state index in [9.17, 15) is 9.18 Å². The molecule has 0 spiro atoms. The Morgan fingerprint density at radius 2 is 2.36 bits per heavy atom. The van der Waals surface area contributed by atoms with Gasteiger partial charge in [-0.3, -0.25) is 20.1 Å². The van der Waals surface area contributed by atoms with Crippen LogP contribution in [0, 0.1) is 5.82 Å². The van der Waals surface area contributed by atoms with Crippen LogP contribution in [0.15, 0.2) is 51.5 Å². The van der Waals surface area contributed by atoms with Crippen LogP contribution in [0.1, 0.15) is 0 Å². The van der Waals surface area contributed by atoms with Crippen molar-refractivity contribution in [3.63, 3.8) is 0 Å². The van der Waals surface area contributed by atoms with Crippen LogP contribution in [0.25, 0.3) is 0 Å². The first-order valence-corrected chi connectivity index (χ1v) is 8.21. The van der Waals surface area contributed by atoms with E-state index >= 15 is 0 Å². The lowest BCUT2D eigenvalue weighted by Gasteiger charge is -2.31. The van der Waals surface area contributed by atoms with Crippen LogP contribution in [0.2, 0.25) is 0 Å². The van der Waals surface area contributed by atoms with Gasteiger partial charge in [-0.15, -0.1) is 0 Å². The lowest BCUT2D eigenvalue weighted by atomic mass is 10.2. The van der Waals surface area contributed by atoms with Crippen LogP contribution >= 0.6 is 15.9 Å². The van der Waals surface area contributed by atoms with E-state index in [1.165, 1.54) is 11.1 Å². The van der Waals surface area contributed by atoms with Gasteiger partial charge in [0.1, 0.15) is 18.6 Å². The fourth-order valence-corrected chi connectivity index (χ4v) is 2.67. The predicted octanol–water partition coefficient (Wildman–Crippen LogP) is -0.120. The number of carbonyl (C=O) groups excluding carboxylic acids is 1. The van der Waals surface area contributed by atoms with Crippen LogP contribution in [0.4, 0.5) is 10.1 Å². The second-order valence-corrected chi connectivity index (χ2v) is 6.16. The second kappa shape index (κ2) is 7.74. The maximum Gasteiger partial charge on any atom is 0.298 e. The van der Waals surface area contributed by atoms with Gasteiger partial charge in [0.15, 0.2) is 17.7 Å². The van der Waals surface area contributed by atoms with E-state index in [1.807, 2.05) is 0 Å². The van der Waals surface area contributed by atoms with Crippen LogP contribution in [-0.2, 0) is 9.63 Å². The Kier molecular flexibility index (Phi) is 5.43. The Morgan fingerprint density at radius 1 is 1.52 bits per heavy atom. The third-order valence-electron chi connectivity index (χ3n) is 3.50. The third kappa shape index (κ3) is 4.04. The number of amides is 1. The number of anilines is 1. The van der Waals surface area contributed by atoms with Gasteiger partial charge in [0, 0.05) is 4.47 Å². The summed E-state index contributed by atoms with van der Waals surface area (Å²) in [5, 5.41) is 10.2. The van der Waals surface area contributed by atoms with Crippen molar-refractivity contribution in [3.8, 4) is 0 Å². The first-order valence-electron chi connectivity index (χ1n) is 7.42. The topological polar surface area (TPSA) is 90.6 Å². The molecule has 0 saturated carbocycles. The molecule has 0 saturated heterocycles. The molecule has 1 amide bonds. The molecule has 132 valence electrons. The van der Waals surface area contributed by atoms with Crippen molar-refractivity contribution in [1.82, 2.24) is 10.5 Å². The number of rotatable bonds is 6. The summed E-state index contributed by atoms with van der Waals surface area (Å²) in [7, 11) is 0. The Bertz CT molecular complexity index is 768. The number of aliphatic hydroxyl groups excluding tert-OH is 1. The molecule has 2 aliphatic rings. The van der Waals surface area contributed by atoms with Crippen molar-refractivity contribution >= 4 is 33.9 Å². The highest BCUT2D eigenvalue weighted by Gasteiger charge is 2.32. The van der Waals surface area contributed by atoms with Crippen molar-refractivity contribution in [1.29, 1.82) is 0 Å². The van der Waals surface area contributed by atoms with E-state index in [0.717, 1.165) is 10.6 Å². The van der Waals surface area contributed by atoms with Gasteiger partial charge in [0.25, 0.3) is 5.91 Å². The van der Waals surface area contributed by atoms with Crippen molar-refractivity contribution in [2.45, 2.75) is 0 Å². The van der Waals surface area contributed by atoms with Crippen molar-refractivity contribution in [2.75, 3.05) is 25.2 Å². The minimum Gasteiger partial charge on any atom is -0.394 e. The number of aliphatic hydroxyl groups is 1.